The molecule has 0 radical (unpaired) electrons. The number of fused-ring (bicyclic) bond motifs is 5. The molecule has 9 amide bonds. The van der Waals surface area contributed by atoms with Crippen molar-refractivity contribution < 1.29 is 62.2 Å². The fourth-order valence-electron chi connectivity index (χ4n) is 8.28. The van der Waals surface area contributed by atoms with Crippen LogP contribution in [0.2, 0.25) is 0 Å². The molecule has 3 aromatic rings. The lowest BCUT2D eigenvalue weighted by Crippen LogP contribution is -2.47. The number of carbonyl (C=O) groups excluding carboxylic acids is 10. The lowest BCUT2D eigenvalue weighted by molar-refractivity contribution is -0.172. The average molecular weight is 929 g/mol. The third-order valence-electron chi connectivity index (χ3n) is 11.9. The number of rotatable bonds is 17. The first-order valence-corrected chi connectivity index (χ1v) is 21.1. The van der Waals surface area contributed by atoms with Crippen LogP contribution in [0.15, 0.2) is 29.1 Å². The van der Waals surface area contributed by atoms with Crippen molar-refractivity contribution in [1.82, 2.24) is 51.7 Å². The van der Waals surface area contributed by atoms with E-state index in [9.17, 15) is 57.8 Å². The first-order chi connectivity index (χ1) is 31.9. The number of nitrogens with one attached hydrogen (secondary N) is 7. The molecule has 3 aliphatic heterocycles. The molecule has 7 rings (SSSR count). The maximum absolute atomic E-state index is 15.3. The Labute approximate surface area is 378 Å². The van der Waals surface area contributed by atoms with Crippen LogP contribution >= 0.6 is 0 Å². The minimum absolute atomic E-state index is 0.0301. The summed E-state index contributed by atoms with van der Waals surface area (Å²) in [5, 5.41) is 28.5. The fourth-order valence-corrected chi connectivity index (χ4v) is 8.28. The number of aryl methyl sites for hydroxylation is 1. The summed E-state index contributed by atoms with van der Waals surface area (Å²) < 4.78 is 21.9. The predicted octanol–water partition coefficient (Wildman–Crippen LogP) is -3.36. The summed E-state index contributed by atoms with van der Waals surface area (Å²) >= 11 is 0. The number of amides is 9. The number of hydrogen-bond donors (Lipinski definition) is 8. The molecule has 0 fully saturated rings. The van der Waals surface area contributed by atoms with Gasteiger partial charge >= 0.3 is 5.97 Å². The van der Waals surface area contributed by atoms with E-state index >= 15 is 4.39 Å². The maximum Gasteiger partial charge on any atom is 0.343 e. The molecule has 67 heavy (non-hydrogen) atoms. The van der Waals surface area contributed by atoms with E-state index < -0.39 is 121 Å². The number of imide groups is 1. The predicted molar refractivity (Wildman–Crippen MR) is 227 cm³/mol. The Morgan fingerprint density at radius 2 is 1.31 bits per heavy atom. The van der Waals surface area contributed by atoms with Crippen molar-refractivity contribution >= 4 is 70.0 Å². The number of aromatic nitrogens is 2. The van der Waals surface area contributed by atoms with E-state index in [1.165, 1.54) is 10.6 Å². The van der Waals surface area contributed by atoms with E-state index in [0.717, 1.165) is 17.1 Å². The number of aliphatic hydroxyl groups is 1. The molecular formula is C43H45FN10O13. The molecule has 1 aromatic carbocycles. The van der Waals surface area contributed by atoms with Crippen molar-refractivity contribution in [2.75, 3.05) is 45.8 Å². The van der Waals surface area contributed by atoms with Crippen molar-refractivity contribution in [2.45, 2.75) is 64.3 Å². The van der Waals surface area contributed by atoms with Gasteiger partial charge in [-0.1, -0.05) is 6.92 Å². The lowest BCUT2D eigenvalue weighted by Gasteiger charge is -2.31. The average Bonchev–Trinajstić information content (AvgIpc) is 3.84. The van der Waals surface area contributed by atoms with E-state index in [1.54, 1.807) is 19.9 Å². The first kappa shape index (κ1) is 47.1. The lowest BCUT2D eigenvalue weighted by atomic mass is 9.81. The summed E-state index contributed by atoms with van der Waals surface area (Å²) in [6.07, 6.45) is 2.56. The minimum atomic E-state index is -2.06. The van der Waals surface area contributed by atoms with Crippen LogP contribution in [0.5, 0.6) is 0 Å². The van der Waals surface area contributed by atoms with Crippen LogP contribution in [-0.4, -0.2) is 125 Å². The summed E-state index contributed by atoms with van der Waals surface area (Å²) in [7, 11) is 0. The maximum atomic E-state index is 15.3. The molecule has 0 saturated carbocycles. The van der Waals surface area contributed by atoms with Gasteiger partial charge in [0.15, 0.2) is 5.60 Å². The summed E-state index contributed by atoms with van der Waals surface area (Å²) in [5.74, 6) is -7.47. The van der Waals surface area contributed by atoms with Gasteiger partial charge in [0.25, 0.3) is 17.4 Å². The summed E-state index contributed by atoms with van der Waals surface area (Å²) in [6.45, 7) is -0.480. The zero-order valence-electron chi connectivity index (χ0n) is 36.1. The zero-order chi connectivity index (χ0) is 48.3. The number of pyridine rings is 2. The number of esters is 1. The normalized spacial score (nSPS) is 17.5. The van der Waals surface area contributed by atoms with Crippen LogP contribution in [0.1, 0.15) is 65.6 Å². The van der Waals surface area contributed by atoms with Crippen molar-refractivity contribution in [2.24, 2.45) is 0 Å². The van der Waals surface area contributed by atoms with Gasteiger partial charge in [-0.3, -0.25) is 52.8 Å². The van der Waals surface area contributed by atoms with Crippen LogP contribution in [0.3, 0.4) is 0 Å². The molecule has 24 heteroatoms. The minimum Gasteiger partial charge on any atom is -0.458 e. The number of hydrogen-bond acceptors (Lipinski definition) is 14. The molecule has 0 bridgehead atoms. The van der Waals surface area contributed by atoms with E-state index in [1.807, 2.05) is 0 Å². The third-order valence-corrected chi connectivity index (χ3v) is 11.9. The molecule has 352 valence electrons. The van der Waals surface area contributed by atoms with Gasteiger partial charge in [0.05, 0.1) is 74.3 Å². The van der Waals surface area contributed by atoms with Gasteiger partial charge in [0.2, 0.25) is 41.4 Å². The first-order valence-electron chi connectivity index (χ1n) is 21.1. The number of benzene rings is 1. The van der Waals surface area contributed by atoms with Crippen LogP contribution in [-0.2, 0) is 77.9 Å². The van der Waals surface area contributed by atoms with E-state index in [2.05, 4.69) is 37.2 Å². The van der Waals surface area contributed by atoms with Gasteiger partial charge in [-0.2, -0.15) is 0 Å². The molecule has 23 nitrogen and oxygen atoms in total. The molecule has 8 N–H and O–H groups in total. The van der Waals surface area contributed by atoms with Gasteiger partial charge in [0, 0.05) is 47.7 Å². The number of ether oxygens (including phenoxy) is 1. The molecule has 4 aliphatic rings. The van der Waals surface area contributed by atoms with Gasteiger partial charge in [-0.25, -0.2) is 14.2 Å². The molecule has 1 aliphatic carbocycles. The SMILES string of the molecule is CC[C@@]1(O)C(=O)OCc2c1cc1n(c2=O)Cc2c-1nc1cc(F)c(C)c3c1c2C(NC(=O)CNC(=O)CNC(=O)CNC(=O)CNC(=O)CNC(=O)CNC(=O)CCN1C(=O)C=CC1=O)CC3. The van der Waals surface area contributed by atoms with Crippen LogP contribution in [0, 0.1) is 12.7 Å². The van der Waals surface area contributed by atoms with Crippen molar-refractivity contribution in [3.63, 3.8) is 0 Å². The summed E-state index contributed by atoms with van der Waals surface area (Å²) in [4.78, 5) is 142. The summed E-state index contributed by atoms with van der Waals surface area (Å²) in [6, 6.07) is 2.16. The smallest absolute Gasteiger partial charge is 0.343 e. The number of cyclic esters (lactones) is 1. The Balaban J connectivity index is 0.856. The molecule has 2 atom stereocenters. The van der Waals surface area contributed by atoms with Gasteiger partial charge in [-0.05, 0) is 48.9 Å². The van der Waals surface area contributed by atoms with E-state index in [0.29, 0.717) is 51.9 Å². The molecule has 0 saturated heterocycles. The highest BCUT2D eigenvalue weighted by atomic mass is 19.1. The number of carbonyl (C=O) groups is 10. The van der Waals surface area contributed by atoms with Crippen molar-refractivity contribution in [3.8, 4) is 11.4 Å². The van der Waals surface area contributed by atoms with E-state index in [4.69, 9.17) is 9.72 Å². The Morgan fingerprint density at radius 1 is 0.776 bits per heavy atom. The van der Waals surface area contributed by atoms with Crippen molar-refractivity contribution in [3.05, 3.63) is 73.8 Å². The summed E-state index contributed by atoms with van der Waals surface area (Å²) in [5.41, 5.74) is 0.926. The highest BCUT2D eigenvalue weighted by molar-refractivity contribution is 6.13. The largest absolute Gasteiger partial charge is 0.458 e. The topological polar surface area (TPSA) is 322 Å². The Hall–Kier alpha value is -7.89. The van der Waals surface area contributed by atoms with Gasteiger partial charge < -0.3 is 51.6 Å². The highest BCUT2D eigenvalue weighted by Gasteiger charge is 2.46. The quantitative estimate of drug-likeness (QED) is 0.0379. The van der Waals surface area contributed by atoms with Gasteiger partial charge in [0.1, 0.15) is 12.4 Å². The highest BCUT2D eigenvalue weighted by Crippen LogP contribution is 2.46. The van der Waals surface area contributed by atoms with Crippen LogP contribution in [0.4, 0.5) is 4.39 Å². The molecule has 2 aromatic heterocycles. The van der Waals surface area contributed by atoms with Crippen LogP contribution < -0.4 is 42.8 Å². The monoisotopic (exact) mass is 928 g/mol. The molecule has 1 unspecified atom stereocenters. The van der Waals surface area contributed by atoms with Gasteiger partial charge in [-0.15, -0.1) is 0 Å². The fraction of sp³-hybridized carbons (Fsp3) is 0.395. The molecular weight excluding hydrogens is 884 g/mol. The Bertz CT molecular complexity index is 2770. The molecule has 5 heterocycles. The number of nitrogens with zero attached hydrogens (tertiary/aromatic N) is 3. The zero-order valence-corrected chi connectivity index (χ0v) is 36.1. The molecule has 0 spiro atoms. The Kier molecular flexibility index (Phi) is 13.6. The second-order valence-corrected chi connectivity index (χ2v) is 16.0. The Morgan fingerprint density at radius 3 is 1.87 bits per heavy atom. The second-order valence-electron chi connectivity index (χ2n) is 16.0. The van der Waals surface area contributed by atoms with Crippen molar-refractivity contribution in [1.29, 1.82) is 0 Å². The second kappa shape index (κ2) is 19.3. The number of halogens is 1. The van der Waals surface area contributed by atoms with Crippen LogP contribution in [0.25, 0.3) is 22.3 Å². The third kappa shape index (κ3) is 9.73. The standard InChI is InChI=1S/C43H45FN10O13/c1-3-43(66)24-10-28-40-22(18-54(28)41(64)23(24)19-67-42(43)65)39-26(5-4-21-20(2)25(44)11-27(52-40)38(21)39)51-35(61)17-50-34(60)16-49-33(59)15-48-32(58)14-47-31(57)13-46-30(56)12-45-29(55)8-9-53-36(62)6-7-37(53)63/h6-7,10-11,26,66H,3-5,8-9,12-19H2,1-2H3,(H,45,55)(H,46,56)(H,47,57)(H,48,58)(H,49,59)(H,50,60)(H,51,61)/t26?,43-/m0/s1. The van der Waals surface area contributed by atoms with E-state index in [-0.39, 0.29) is 49.2 Å².